The van der Waals surface area contributed by atoms with E-state index < -0.39 is 5.97 Å². The average molecular weight is 208 g/mol. The van der Waals surface area contributed by atoms with E-state index >= 15 is 0 Å². The number of aliphatic carboxylic acids is 1. The standard InChI is InChI=1S/C11H16N2O2/c1-13(2)9-5-3-8(10(12)7-9)4-6-11(14)15/h3,5,7H,4,6,12H2,1-2H3,(H,14,15). The fourth-order valence-electron chi connectivity index (χ4n) is 1.33. The summed E-state index contributed by atoms with van der Waals surface area (Å²) in [5, 5.41) is 8.56. The molecular formula is C11H16N2O2. The van der Waals surface area contributed by atoms with Gasteiger partial charge in [0, 0.05) is 31.9 Å². The number of nitrogen functional groups attached to an aromatic ring is 1. The molecule has 0 saturated heterocycles. The predicted octanol–water partition coefficient (Wildman–Crippen LogP) is 1.35. The van der Waals surface area contributed by atoms with Gasteiger partial charge in [0.2, 0.25) is 0 Å². The van der Waals surface area contributed by atoms with Crippen LogP contribution in [0.3, 0.4) is 0 Å². The fourth-order valence-corrected chi connectivity index (χ4v) is 1.33. The SMILES string of the molecule is CN(C)c1ccc(CCC(=O)O)c(N)c1. The third-order valence-electron chi connectivity index (χ3n) is 2.25. The molecule has 0 aliphatic rings. The number of rotatable bonds is 4. The predicted molar refractivity (Wildman–Crippen MR) is 61.1 cm³/mol. The van der Waals surface area contributed by atoms with Crippen molar-refractivity contribution >= 4 is 17.3 Å². The normalized spacial score (nSPS) is 10.0. The second-order valence-corrected chi connectivity index (χ2v) is 3.67. The number of anilines is 2. The fraction of sp³-hybridized carbons (Fsp3) is 0.364. The van der Waals surface area contributed by atoms with E-state index in [9.17, 15) is 4.79 Å². The van der Waals surface area contributed by atoms with Crippen molar-refractivity contribution in [2.75, 3.05) is 24.7 Å². The number of benzene rings is 1. The molecule has 0 atom stereocenters. The molecule has 82 valence electrons. The average Bonchev–Trinajstić information content (AvgIpc) is 2.15. The summed E-state index contributed by atoms with van der Waals surface area (Å²) in [6.07, 6.45) is 0.598. The molecule has 3 N–H and O–H groups in total. The number of carboxylic acid groups (broad SMARTS) is 1. The van der Waals surface area contributed by atoms with Crippen molar-refractivity contribution in [3.8, 4) is 0 Å². The molecule has 0 fully saturated rings. The highest BCUT2D eigenvalue weighted by Crippen LogP contribution is 2.20. The van der Waals surface area contributed by atoms with Gasteiger partial charge in [0.1, 0.15) is 0 Å². The van der Waals surface area contributed by atoms with Crippen LogP contribution in [0.4, 0.5) is 11.4 Å². The Bertz CT molecular complexity index is 362. The summed E-state index contributed by atoms with van der Waals surface area (Å²) in [5.41, 5.74) is 8.39. The lowest BCUT2D eigenvalue weighted by molar-refractivity contribution is -0.136. The van der Waals surface area contributed by atoms with Crippen LogP contribution in [0.2, 0.25) is 0 Å². The molecular weight excluding hydrogens is 192 g/mol. The Labute approximate surface area is 89.3 Å². The number of hydrogen-bond acceptors (Lipinski definition) is 3. The number of carbonyl (C=O) groups is 1. The van der Waals surface area contributed by atoms with E-state index in [0.29, 0.717) is 12.1 Å². The summed E-state index contributed by atoms with van der Waals surface area (Å²) in [4.78, 5) is 12.4. The maximum absolute atomic E-state index is 10.4. The monoisotopic (exact) mass is 208 g/mol. The van der Waals surface area contributed by atoms with Crippen LogP contribution in [-0.2, 0) is 11.2 Å². The Morgan fingerprint density at radius 1 is 1.47 bits per heavy atom. The van der Waals surface area contributed by atoms with Crippen molar-refractivity contribution in [3.63, 3.8) is 0 Å². The molecule has 0 spiro atoms. The first-order valence-electron chi connectivity index (χ1n) is 4.78. The van der Waals surface area contributed by atoms with Crippen molar-refractivity contribution in [3.05, 3.63) is 23.8 Å². The smallest absolute Gasteiger partial charge is 0.303 e. The van der Waals surface area contributed by atoms with Crippen LogP contribution < -0.4 is 10.6 Å². The third kappa shape index (κ3) is 3.16. The Morgan fingerprint density at radius 3 is 2.60 bits per heavy atom. The van der Waals surface area contributed by atoms with E-state index in [0.717, 1.165) is 11.3 Å². The van der Waals surface area contributed by atoms with Crippen molar-refractivity contribution in [2.45, 2.75) is 12.8 Å². The highest BCUT2D eigenvalue weighted by molar-refractivity contribution is 5.68. The van der Waals surface area contributed by atoms with Gasteiger partial charge in [-0.1, -0.05) is 6.07 Å². The van der Waals surface area contributed by atoms with Gasteiger partial charge >= 0.3 is 5.97 Å². The van der Waals surface area contributed by atoms with Gasteiger partial charge in [0.25, 0.3) is 0 Å². The Hall–Kier alpha value is -1.71. The van der Waals surface area contributed by atoms with Crippen molar-refractivity contribution < 1.29 is 9.90 Å². The van der Waals surface area contributed by atoms with Crippen LogP contribution in [0.5, 0.6) is 0 Å². The minimum Gasteiger partial charge on any atom is -0.481 e. The summed E-state index contributed by atoms with van der Waals surface area (Å²) in [7, 11) is 3.87. The Kier molecular flexibility index (Phi) is 3.55. The van der Waals surface area contributed by atoms with Crippen LogP contribution in [0.15, 0.2) is 18.2 Å². The number of nitrogens with two attached hydrogens (primary N) is 1. The van der Waals surface area contributed by atoms with Crippen LogP contribution in [0, 0.1) is 0 Å². The van der Waals surface area contributed by atoms with Gasteiger partial charge in [0.05, 0.1) is 0 Å². The van der Waals surface area contributed by atoms with Crippen molar-refractivity contribution in [1.82, 2.24) is 0 Å². The molecule has 0 bridgehead atoms. The minimum absolute atomic E-state index is 0.117. The molecule has 0 heterocycles. The lowest BCUT2D eigenvalue weighted by atomic mass is 10.1. The zero-order valence-electron chi connectivity index (χ0n) is 9.03. The van der Waals surface area contributed by atoms with Crippen molar-refractivity contribution in [1.29, 1.82) is 0 Å². The molecule has 15 heavy (non-hydrogen) atoms. The van der Waals surface area contributed by atoms with Crippen LogP contribution in [-0.4, -0.2) is 25.2 Å². The lowest BCUT2D eigenvalue weighted by Crippen LogP contribution is -2.09. The van der Waals surface area contributed by atoms with Crippen LogP contribution in [0.1, 0.15) is 12.0 Å². The summed E-state index contributed by atoms with van der Waals surface area (Å²) in [6, 6.07) is 5.68. The zero-order valence-corrected chi connectivity index (χ0v) is 9.03. The molecule has 0 saturated carbocycles. The summed E-state index contributed by atoms with van der Waals surface area (Å²) in [5.74, 6) is -0.800. The van der Waals surface area contributed by atoms with Crippen molar-refractivity contribution in [2.24, 2.45) is 0 Å². The maximum atomic E-state index is 10.4. The number of carboxylic acids is 1. The second-order valence-electron chi connectivity index (χ2n) is 3.67. The first kappa shape index (κ1) is 11.4. The summed E-state index contributed by atoms with van der Waals surface area (Å²) < 4.78 is 0. The highest BCUT2D eigenvalue weighted by atomic mass is 16.4. The van der Waals surface area contributed by atoms with E-state index in [2.05, 4.69) is 0 Å². The Balaban J connectivity index is 2.79. The molecule has 0 amide bonds. The molecule has 0 aromatic heterocycles. The first-order chi connectivity index (χ1) is 7.00. The second kappa shape index (κ2) is 4.68. The number of aryl methyl sites for hydroxylation is 1. The molecule has 1 rings (SSSR count). The molecule has 1 aromatic carbocycles. The molecule has 4 nitrogen and oxygen atoms in total. The minimum atomic E-state index is -0.800. The van der Waals surface area contributed by atoms with Gasteiger partial charge in [-0.3, -0.25) is 4.79 Å². The van der Waals surface area contributed by atoms with E-state index in [1.165, 1.54) is 0 Å². The first-order valence-corrected chi connectivity index (χ1v) is 4.78. The maximum Gasteiger partial charge on any atom is 0.303 e. The van der Waals surface area contributed by atoms with Gasteiger partial charge in [-0.25, -0.2) is 0 Å². The third-order valence-corrected chi connectivity index (χ3v) is 2.25. The molecule has 0 unspecified atom stereocenters. The molecule has 0 aliphatic heterocycles. The van der Waals surface area contributed by atoms with Gasteiger partial charge in [-0.05, 0) is 24.1 Å². The van der Waals surface area contributed by atoms with Gasteiger partial charge in [0.15, 0.2) is 0 Å². The number of nitrogens with zero attached hydrogens (tertiary/aromatic N) is 1. The Morgan fingerprint density at radius 2 is 2.13 bits per heavy atom. The van der Waals surface area contributed by atoms with Gasteiger partial charge in [-0.15, -0.1) is 0 Å². The zero-order chi connectivity index (χ0) is 11.4. The largest absolute Gasteiger partial charge is 0.481 e. The molecule has 1 aromatic rings. The van der Waals surface area contributed by atoms with E-state index in [4.69, 9.17) is 10.8 Å². The molecule has 0 aliphatic carbocycles. The highest BCUT2D eigenvalue weighted by Gasteiger charge is 2.04. The van der Waals surface area contributed by atoms with Crippen LogP contribution in [0.25, 0.3) is 0 Å². The summed E-state index contributed by atoms with van der Waals surface area (Å²) >= 11 is 0. The van der Waals surface area contributed by atoms with E-state index in [1.807, 2.05) is 37.2 Å². The summed E-state index contributed by atoms with van der Waals surface area (Å²) in [6.45, 7) is 0. The van der Waals surface area contributed by atoms with E-state index in [1.54, 1.807) is 0 Å². The molecule has 0 radical (unpaired) electrons. The van der Waals surface area contributed by atoms with Gasteiger partial charge in [-0.2, -0.15) is 0 Å². The van der Waals surface area contributed by atoms with Gasteiger partial charge < -0.3 is 15.7 Å². The molecule has 4 heteroatoms. The topological polar surface area (TPSA) is 66.6 Å². The number of hydrogen-bond donors (Lipinski definition) is 2. The van der Waals surface area contributed by atoms with E-state index in [-0.39, 0.29) is 6.42 Å². The quantitative estimate of drug-likeness (QED) is 0.733. The lowest BCUT2D eigenvalue weighted by Gasteiger charge is -2.14. The van der Waals surface area contributed by atoms with Crippen LogP contribution >= 0.6 is 0 Å².